The summed E-state index contributed by atoms with van der Waals surface area (Å²) in [7, 11) is 0. The van der Waals surface area contributed by atoms with E-state index in [4.69, 9.17) is 28.3 Å². The van der Waals surface area contributed by atoms with E-state index in [1.807, 2.05) is 0 Å². The third-order valence-corrected chi connectivity index (χ3v) is 4.66. The lowest BCUT2D eigenvalue weighted by Gasteiger charge is -2.26. The zero-order valence-electron chi connectivity index (χ0n) is 13.4. The molecule has 136 valence electrons. The van der Waals surface area contributed by atoms with Crippen LogP contribution in [0.25, 0.3) is 0 Å². The van der Waals surface area contributed by atoms with Gasteiger partial charge < -0.3 is 10.2 Å². The van der Waals surface area contributed by atoms with Crippen LogP contribution in [-0.4, -0.2) is 27.1 Å². The van der Waals surface area contributed by atoms with Crippen LogP contribution in [0.4, 0.5) is 5.69 Å². The number of rotatable bonds is 6. The summed E-state index contributed by atoms with van der Waals surface area (Å²) >= 11 is 12.0. The number of aliphatic carboxylic acids is 1. The van der Waals surface area contributed by atoms with Crippen LogP contribution in [0.5, 0.6) is 0 Å². The monoisotopic (exact) mass is 397 g/mol. The molecule has 0 saturated carbocycles. The maximum Gasteiger partial charge on any atom is 0.335 e. The van der Waals surface area contributed by atoms with Gasteiger partial charge in [0.15, 0.2) is 0 Å². The maximum atomic E-state index is 12.0. The quantitative estimate of drug-likeness (QED) is 0.557. The minimum Gasteiger partial charge on any atom is -0.481 e. The second-order valence-electron chi connectivity index (χ2n) is 5.84. The van der Waals surface area contributed by atoms with E-state index in [2.05, 4.69) is 0 Å². The van der Waals surface area contributed by atoms with Gasteiger partial charge in [0.2, 0.25) is 0 Å². The van der Waals surface area contributed by atoms with Gasteiger partial charge in [0.1, 0.15) is 5.41 Å². The Morgan fingerprint density at radius 1 is 1.15 bits per heavy atom. The number of halogens is 2. The topological polar surface area (TPSA) is 118 Å². The van der Waals surface area contributed by atoms with Crippen LogP contribution < -0.4 is 0 Å². The summed E-state index contributed by atoms with van der Waals surface area (Å²) in [5.74, 6) is -2.53. The second-order valence-corrected chi connectivity index (χ2v) is 6.69. The highest BCUT2D eigenvalue weighted by atomic mass is 35.5. The van der Waals surface area contributed by atoms with Crippen molar-refractivity contribution < 1.29 is 24.7 Å². The van der Waals surface area contributed by atoms with E-state index < -0.39 is 28.0 Å². The third-order valence-electron chi connectivity index (χ3n) is 4.06. The molecule has 0 aliphatic rings. The van der Waals surface area contributed by atoms with E-state index >= 15 is 0 Å². The van der Waals surface area contributed by atoms with E-state index in [0.717, 1.165) is 6.07 Å². The van der Waals surface area contributed by atoms with Gasteiger partial charge >= 0.3 is 11.9 Å². The highest BCUT2D eigenvalue weighted by Crippen LogP contribution is 2.38. The second kappa shape index (κ2) is 7.31. The highest BCUT2D eigenvalue weighted by Gasteiger charge is 2.41. The molecule has 0 bridgehead atoms. The van der Waals surface area contributed by atoms with Crippen molar-refractivity contribution in [2.75, 3.05) is 0 Å². The summed E-state index contributed by atoms with van der Waals surface area (Å²) < 4.78 is 0. The Morgan fingerprint density at radius 3 is 2.35 bits per heavy atom. The molecule has 1 atom stereocenters. The molecule has 26 heavy (non-hydrogen) atoms. The average molecular weight is 398 g/mol. The standard InChI is InChI=1S/C17H13Cl2NO6/c1-17(16(23)24,12-7-11(18)3-5-14(12)20(25)26)8-10-6-9(15(21)22)2-4-13(10)19/h2-7H,8H2,1H3,(H,21,22)(H,23,24). The molecule has 0 radical (unpaired) electrons. The molecule has 2 N–H and O–H groups in total. The van der Waals surface area contributed by atoms with Gasteiger partial charge in [-0.2, -0.15) is 0 Å². The average Bonchev–Trinajstić information content (AvgIpc) is 2.55. The molecule has 7 nitrogen and oxygen atoms in total. The van der Waals surface area contributed by atoms with Crippen molar-refractivity contribution in [3.05, 3.63) is 73.2 Å². The molecular weight excluding hydrogens is 385 g/mol. The Labute approximate surface area is 157 Å². The molecule has 0 fully saturated rings. The molecule has 0 aromatic heterocycles. The lowest BCUT2D eigenvalue weighted by molar-refractivity contribution is -0.386. The van der Waals surface area contributed by atoms with Gasteiger partial charge in [-0.25, -0.2) is 4.79 Å². The van der Waals surface area contributed by atoms with Crippen LogP contribution in [-0.2, 0) is 16.6 Å². The zero-order valence-corrected chi connectivity index (χ0v) is 14.9. The first-order chi connectivity index (χ1) is 12.1. The minimum atomic E-state index is -1.76. The van der Waals surface area contributed by atoms with Crippen LogP contribution in [0.15, 0.2) is 36.4 Å². The molecule has 0 aliphatic carbocycles. The lowest BCUT2D eigenvalue weighted by atomic mass is 9.76. The van der Waals surface area contributed by atoms with Crippen molar-refractivity contribution in [1.29, 1.82) is 0 Å². The van der Waals surface area contributed by atoms with Crippen LogP contribution in [0.2, 0.25) is 10.0 Å². The number of carbonyl (C=O) groups is 2. The molecule has 0 spiro atoms. The molecule has 0 saturated heterocycles. The lowest BCUT2D eigenvalue weighted by Crippen LogP contribution is -2.35. The molecule has 2 aromatic carbocycles. The summed E-state index contributed by atoms with van der Waals surface area (Å²) in [6, 6.07) is 7.53. The highest BCUT2D eigenvalue weighted by molar-refractivity contribution is 6.31. The van der Waals surface area contributed by atoms with Gasteiger partial charge in [-0.3, -0.25) is 14.9 Å². The number of nitro benzene ring substituents is 1. The largest absolute Gasteiger partial charge is 0.481 e. The van der Waals surface area contributed by atoms with Crippen molar-refractivity contribution >= 4 is 40.8 Å². The van der Waals surface area contributed by atoms with Crippen molar-refractivity contribution in [1.82, 2.24) is 0 Å². The van der Waals surface area contributed by atoms with Crippen LogP contribution in [0.1, 0.15) is 28.4 Å². The maximum absolute atomic E-state index is 12.0. The van der Waals surface area contributed by atoms with Crippen molar-refractivity contribution in [3.8, 4) is 0 Å². The fourth-order valence-corrected chi connectivity index (χ4v) is 2.98. The van der Waals surface area contributed by atoms with Crippen molar-refractivity contribution in [2.24, 2.45) is 0 Å². The number of hydrogen-bond donors (Lipinski definition) is 2. The number of aromatic carboxylic acids is 1. The van der Waals surface area contributed by atoms with Crippen molar-refractivity contribution in [3.63, 3.8) is 0 Å². The van der Waals surface area contributed by atoms with Gasteiger partial charge in [0.25, 0.3) is 5.69 Å². The summed E-state index contributed by atoms with van der Waals surface area (Å²) in [4.78, 5) is 33.8. The third kappa shape index (κ3) is 3.79. The number of nitrogens with zero attached hydrogens (tertiary/aromatic N) is 1. The number of carboxylic acid groups (broad SMARTS) is 2. The summed E-state index contributed by atoms with van der Waals surface area (Å²) in [6.07, 6.45) is -0.260. The van der Waals surface area contributed by atoms with Gasteiger partial charge in [-0.15, -0.1) is 0 Å². The molecule has 9 heteroatoms. The molecule has 0 amide bonds. The normalized spacial score (nSPS) is 13.0. The Morgan fingerprint density at radius 2 is 1.81 bits per heavy atom. The number of hydrogen-bond acceptors (Lipinski definition) is 4. The van der Waals surface area contributed by atoms with E-state index in [-0.39, 0.29) is 33.2 Å². The number of carboxylic acids is 2. The Bertz CT molecular complexity index is 914. The fourth-order valence-electron chi connectivity index (χ4n) is 2.62. The van der Waals surface area contributed by atoms with E-state index in [1.54, 1.807) is 0 Å². The van der Waals surface area contributed by atoms with E-state index in [0.29, 0.717) is 0 Å². The summed E-state index contributed by atoms with van der Waals surface area (Å²) in [5, 5.41) is 30.5. The van der Waals surface area contributed by atoms with Gasteiger partial charge in [-0.05, 0) is 49.2 Å². The molecule has 0 heterocycles. The SMILES string of the molecule is CC(Cc1cc(C(=O)O)ccc1Cl)(C(=O)O)c1cc(Cl)ccc1[N+](=O)[O-]. The predicted octanol–water partition coefficient (Wildman–Crippen LogP) is 4.18. The summed E-state index contributed by atoms with van der Waals surface area (Å²) in [6.45, 7) is 1.30. The summed E-state index contributed by atoms with van der Waals surface area (Å²) in [5.41, 5.74) is -2.08. The minimum absolute atomic E-state index is 0.0715. The van der Waals surface area contributed by atoms with Crippen LogP contribution in [0.3, 0.4) is 0 Å². The van der Waals surface area contributed by atoms with E-state index in [9.17, 15) is 24.8 Å². The van der Waals surface area contributed by atoms with E-state index in [1.165, 1.54) is 37.3 Å². The molecule has 1 unspecified atom stereocenters. The zero-order chi connectivity index (χ0) is 19.6. The molecule has 2 aromatic rings. The van der Waals surface area contributed by atoms with Crippen LogP contribution in [0, 0.1) is 10.1 Å². The molecule has 0 aliphatic heterocycles. The Balaban J connectivity index is 2.65. The Hall–Kier alpha value is -2.64. The number of benzene rings is 2. The fraction of sp³-hybridized carbons (Fsp3) is 0.176. The van der Waals surface area contributed by atoms with Gasteiger partial charge in [-0.1, -0.05) is 23.2 Å². The smallest absolute Gasteiger partial charge is 0.335 e. The van der Waals surface area contributed by atoms with Crippen LogP contribution >= 0.6 is 23.2 Å². The first-order valence-corrected chi connectivity index (χ1v) is 8.01. The first kappa shape index (κ1) is 19.7. The first-order valence-electron chi connectivity index (χ1n) is 7.26. The van der Waals surface area contributed by atoms with Gasteiger partial charge in [0, 0.05) is 21.7 Å². The predicted molar refractivity (Wildman–Crippen MR) is 95.2 cm³/mol. The van der Waals surface area contributed by atoms with Crippen molar-refractivity contribution in [2.45, 2.75) is 18.8 Å². The van der Waals surface area contributed by atoms with Gasteiger partial charge in [0.05, 0.1) is 10.5 Å². The number of nitro groups is 1. The molecular formula is C17H13Cl2NO6. The molecule has 2 rings (SSSR count). The Kier molecular flexibility index (Phi) is 5.53.